The molecular weight excluding hydrogens is 350 g/mol. The smallest absolute Gasteiger partial charge is 0.219 e. The first-order chi connectivity index (χ1) is 12.6. The molecule has 0 bridgehead atoms. The highest BCUT2D eigenvalue weighted by Crippen LogP contribution is 2.28. The van der Waals surface area contributed by atoms with E-state index in [0.717, 1.165) is 37.1 Å². The Morgan fingerprint density at radius 3 is 2.69 bits per heavy atom. The van der Waals surface area contributed by atoms with Crippen LogP contribution in [-0.4, -0.2) is 35.5 Å². The number of ether oxygens (including phenoxy) is 1. The number of aromatic nitrogens is 1. The van der Waals surface area contributed by atoms with Crippen LogP contribution in [0, 0.1) is 17.2 Å². The van der Waals surface area contributed by atoms with Gasteiger partial charge in [0.05, 0.1) is 12.2 Å². The quantitative estimate of drug-likeness (QED) is 0.766. The number of nitrogens with zero attached hydrogens (tertiary/aromatic N) is 3. The predicted molar refractivity (Wildman–Crippen MR) is 99.9 cm³/mol. The van der Waals surface area contributed by atoms with E-state index in [1.165, 1.54) is 0 Å². The lowest BCUT2D eigenvalue weighted by Gasteiger charge is -2.31. The first-order valence-corrected chi connectivity index (χ1v) is 8.99. The molecule has 26 heavy (non-hydrogen) atoms. The molecule has 6 heteroatoms. The van der Waals surface area contributed by atoms with Crippen LogP contribution < -0.4 is 4.74 Å². The number of hydrogen-bond acceptors (Lipinski definition) is 4. The molecule has 2 aromatic rings. The maximum atomic E-state index is 11.4. The van der Waals surface area contributed by atoms with Gasteiger partial charge in [-0.05, 0) is 54.2 Å². The fourth-order valence-corrected chi connectivity index (χ4v) is 3.30. The summed E-state index contributed by atoms with van der Waals surface area (Å²) in [5, 5.41) is 9.88. The number of likely N-dealkylation sites (tertiary alicyclic amines) is 1. The highest BCUT2D eigenvalue weighted by molar-refractivity contribution is 6.29. The van der Waals surface area contributed by atoms with E-state index in [-0.39, 0.29) is 5.91 Å². The third-order valence-electron chi connectivity index (χ3n) is 4.69. The first-order valence-electron chi connectivity index (χ1n) is 8.61. The van der Waals surface area contributed by atoms with Gasteiger partial charge in [0.1, 0.15) is 17.0 Å². The molecule has 0 atom stereocenters. The van der Waals surface area contributed by atoms with E-state index in [2.05, 4.69) is 11.1 Å². The Bertz CT molecular complexity index is 839. The highest BCUT2D eigenvalue weighted by Gasteiger charge is 2.21. The molecule has 0 spiro atoms. The Balaban J connectivity index is 1.66. The van der Waals surface area contributed by atoms with E-state index in [4.69, 9.17) is 16.3 Å². The van der Waals surface area contributed by atoms with Crippen molar-refractivity contribution in [2.24, 2.45) is 5.92 Å². The molecular formula is C20H20ClN3O2. The van der Waals surface area contributed by atoms with E-state index >= 15 is 0 Å². The molecule has 1 saturated heterocycles. The minimum Gasteiger partial charge on any atom is -0.492 e. The summed E-state index contributed by atoms with van der Waals surface area (Å²) >= 11 is 5.94. The van der Waals surface area contributed by atoms with Crippen molar-refractivity contribution in [3.05, 3.63) is 47.2 Å². The van der Waals surface area contributed by atoms with Crippen molar-refractivity contribution < 1.29 is 9.53 Å². The lowest BCUT2D eigenvalue weighted by Crippen LogP contribution is -2.38. The zero-order valence-electron chi connectivity index (χ0n) is 14.6. The van der Waals surface area contributed by atoms with E-state index in [9.17, 15) is 10.1 Å². The lowest BCUT2D eigenvalue weighted by atomic mass is 9.97. The molecule has 0 saturated carbocycles. The van der Waals surface area contributed by atoms with Crippen molar-refractivity contribution >= 4 is 17.5 Å². The largest absolute Gasteiger partial charge is 0.492 e. The number of pyridine rings is 1. The van der Waals surface area contributed by atoms with Crippen LogP contribution in [-0.2, 0) is 4.79 Å². The Morgan fingerprint density at radius 2 is 2.04 bits per heavy atom. The maximum absolute atomic E-state index is 11.4. The number of rotatable bonds is 4. The van der Waals surface area contributed by atoms with Crippen LogP contribution in [0.5, 0.6) is 5.75 Å². The first kappa shape index (κ1) is 18.2. The second-order valence-electron chi connectivity index (χ2n) is 6.45. The number of nitriles is 1. The fraction of sp³-hybridized carbons (Fsp3) is 0.350. The van der Waals surface area contributed by atoms with Gasteiger partial charge in [-0.15, -0.1) is 0 Å². The van der Waals surface area contributed by atoms with E-state index < -0.39 is 0 Å². The van der Waals surface area contributed by atoms with Crippen molar-refractivity contribution in [1.29, 1.82) is 5.26 Å². The van der Waals surface area contributed by atoms with Crippen LogP contribution >= 0.6 is 11.6 Å². The SMILES string of the molecule is CC(=O)N1CCC(COc2ccc(-c3ccnc(Cl)c3)cc2C#N)CC1. The molecule has 5 nitrogen and oxygen atoms in total. The summed E-state index contributed by atoms with van der Waals surface area (Å²) in [6.07, 6.45) is 3.49. The van der Waals surface area contributed by atoms with E-state index in [1.54, 1.807) is 25.3 Å². The minimum atomic E-state index is 0.128. The molecule has 1 aromatic carbocycles. The number of piperidine rings is 1. The van der Waals surface area contributed by atoms with Gasteiger partial charge in [0.25, 0.3) is 0 Å². The molecule has 1 aromatic heterocycles. The maximum Gasteiger partial charge on any atom is 0.219 e. The average Bonchev–Trinajstić information content (AvgIpc) is 2.66. The van der Waals surface area contributed by atoms with Gasteiger partial charge in [-0.2, -0.15) is 5.26 Å². The van der Waals surface area contributed by atoms with Crippen LogP contribution in [0.25, 0.3) is 11.1 Å². The Hall–Kier alpha value is -2.58. The molecule has 134 valence electrons. The highest BCUT2D eigenvalue weighted by atomic mass is 35.5. The van der Waals surface area contributed by atoms with Crippen LogP contribution in [0.3, 0.4) is 0 Å². The number of benzene rings is 1. The van der Waals surface area contributed by atoms with Gasteiger partial charge in [0.2, 0.25) is 5.91 Å². The third-order valence-corrected chi connectivity index (χ3v) is 4.90. The van der Waals surface area contributed by atoms with Gasteiger partial charge in [0.15, 0.2) is 0 Å². The number of hydrogen-bond donors (Lipinski definition) is 0. The summed E-state index contributed by atoms with van der Waals surface area (Å²) in [6, 6.07) is 11.4. The van der Waals surface area contributed by atoms with Crippen molar-refractivity contribution in [2.75, 3.05) is 19.7 Å². The summed E-state index contributed by atoms with van der Waals surface area (Å²) in [5.74, 6) is 1.11. The van der Waals surface area contributed by atoms with Crippen molar-refractivity contribution in [3.63, 3.8) is 0 Å². The molecule has 0 N–H and O–H groups in total. The molecule has 1 aliphatic heterocycles. The third kappa shape index (κ3) is 4.33. The zero-order chi connectivity index (χ0) is 18.5. The standard InChI is InChI=1S/C20H20ClN3O2/c1-14(25)24-8-5-15(6-9-24)13-26-19-3-2-16(10-18(19)12-22)17-4-7-23-20(21)11-17/h2-4,7,10-11,15H,5-6,8-9,13H2,1H3. The number of carbonyl (C=O) groups is 1. The van der Waals surface area contributed by atoms with Gasteiger partial charge in [-0.1, -0.05) is 17.7 Å². The monoisotopic (exact) mass is 369 g/mol. The molecule has 2 heterocycles. The van der Waals surface area contributed by atoms with Crippen molar-refractivity contribution in [2.45, 2.75) is 19.8 Å². The summed E-state index contributed by atoms with van der Waals surface area (Å²) in [7, 11) is 0. The van der Waals surface area contributed by atoms with Gasteiger partial charge < -0.3 is 9.64 Å². The van der Waals surface area contributed by atoms with Gasteiger partial charge in [-0.3, -0.25) is 4.79 Å². The van der Waals surface area contributed by atoms with Gasteiger partial charge >= 0.3 is 0 Å². The topological polar surface area (TPSA) is 66.2 Å². The van der Waals surface area contributed by atoms with Gasteiger partial charge in [-0.25, -0.2) is 4.98 Å². The Morgan fingerprint density at radius 1 is 1.31 bits per heavy atom. The normalized spacial score (nSPS) is 14.7. The van der Waals surface area contributed by atoms with E-state index in [1.807, 2.05) is 23.1 Å². The number of carbonyl (C=O) groups excluding carboxylic acids is 1. The van der Waals surface area contributed by atoms with Crippen LogP contribution in [0.4, 0.5) is 0 Å². The molecule has 0 unspecified atom stereocenters. The molecule has 1 amide bonds. The zero-order valence-corrected chi connectivity index (χ0v) is 15.4. The summed E-state index contributed by atoms with van der Waals surface area (Å²) in [4.78, 5) is 17.2. The molecule has 3 rings (SSSR count). The second-order valence-corrected chi connectivity index (χ2v) is 6.84. The van der Waals surface area contributed by atoms with Crippen LogP contribution in [0.1, 0.15) is 25.3 Å². The number of halogens is 1. The Labute approximate surface area is 158 Å². The second kappa shape index (κ2) is 8.20. The molecule has 1 fully saturated rings. The lowest BCUT2D eigenvalue weighted by molar-refractivity contribution is -0.130. The summed E-state index contributed by atoms with van der Waals surface area (Å²) in [5.41, 5.74) is 2.30. The average molecular weight is 370 g/mol. The van der Waals surface area contributed by atoms with Crippen molar-refractivity contribution in [1.82, 2.24) is 9.88 Å². The fourth-order valence-electron chi connectivity index (χ4n) is 3.13. The number of amides is 1. The van der Waals surface area contributed by atoms with Gasteiger partial charge in [0, 0.05) is 26.2 Å². The van der Waals surface area contributed by atoms with Crippen LogP contribution in [0.2, 0.25) is 5.15 Å². The molecule has 0 radical (unpaired) electrons. The Kier molecular flexibility index (Phi) is 5.75. The summed E-state index contributed by atoms with van der Waals surface area (Å²) in [6.45, 7) is 3.71. The minimum absolute atomic E-state index is 0.128. The predicted octanol–water partition coefficient (Wildman–Crippen LogP) is 3.91. The van der Waals surface area contributed by atoms with Crippen molar-refractivity contribution in [3.8, 4) is 22.9 Å². The molecule has 0 aliphatic carbocycles. The van der Waals surface area contributed by atoms with Crippen LogP contribution in [0.15, 0.2) is 36.5 Å². The van der Waals surface area contributed by atoms with E-state index in [0.29, 0.717) is 29.0 Å². The molecule has 1 aliphatic rings. The summed E-state index contributed by atoms with van der Waals surface area (Å²) < 4.78 is 5.91.